The van der Waals surface area contributed by atoms with Gasteiger partial charge in [-0.1, -0.05) is 54.9 Å². The molecule has 0 spiro atoms. The summed E-state index contributed by atoms with van der Waals surface area (Å²) in [5.74, 6) is -0.0867. The first-order valence-electron chi connectivity index (χ1n) is 6.73. The zero-order valence-corrected chi connectivity index (χ0v) is 12.1. The standard InChI is InChI=1S/C17H18ClFO/c1-12(13-5-3-2-4-6-13)9-16(20)10-14-7-8-15(19)11-17(14)18/h2-8,11-12,16,20H,9-10H2,1H3. The van der Waals surface area contributed by atoms with Gasteiger partial charge in [0.1, 0.15) is 5.82 Å². The van der Waals surface area contributed by atoms with Gasteiger partial charge >= 0.3 is 0 Å². The van der Waals surface area contributed by atoms with Crippen LogP contribution in [0, 0.1) is 5.82 Å². The Morgan fingerprint density at radius 3 is 2.50 bits per heavy atom. The molecule has 0 saturated carbocycles. The van der Waals surface area contributed by atoms with E-state index >= 15 is 0 Å². The van der Waals surface area contributed by atoms with E-state index in [1.165, 1.54) is 17.7 Å². The van der Waals surface area contributed by atoms with Crippen LogP contribution < -0.4 is 0 Å². The van der Waals surface area contributed by atoms with E-state index in [2.05, 4.69) is 19.1 Å². The van der Waals surface area contributed by atoms with Crippen molar-refractivity contribution in [1.82, 2.24) is 0 Å². The minimum absolute atomic E-state index is 0.269. The predicted molar refractivity (Wildman–Crippen MR) is 80.6 cm³/mol. The number of benzene rings is 2. The van der Waals surface area contributed by atoms with Gasteiger partial charge in [0.2, 0.25) is 0 Å². The zero-order chi connectivity index (χ0) is 14.5. The summed E-state index contributed by atoms with van der Waals surface area (Å²) in [5, 5.41) is 10.5. The van der Waals surface area contributed by atoms with E-state index in [1.54, 1.807) is 6.07 Å². The van der Waals surface area contributed by atoms with Gasteiger partial charge in [0.15, 0.2) is 0 Å². The van der Waals surface area contributed by atoms with Gasteiger partial charge < -0.3 is 5.11 Å². The molecule has 0 aliphatic rings. The molecule has 2 aromatic rings. The van der Waals surface area contributed by atoms with Crippen molar-refractivity contribution in [3.05, 3.63) is 70.5 Å². The van der Waals surface area contributed by atoms with Gasteiger partial charge in [-0.2, -0.15) is 0 Å². The smallest absolute Gasteiger partial charge is 0.124 e. The quantitative estimate of drug-likeness (QED) is 0.855. The fraction of sp³-hybridized carbons (Fsp3) is 0.294. The molecule has 0 aliphatic heterocycles. The second-order valence-electron chi connectivity index (χ2n) is 5.14. The highest BCUT2D eigenvalue weighted by Crippen LogP contribution is 2.24. The Labute approximate surface area is 124 Å². The van der Waals surface area contributed by atoms with E-state index < -0.39 is 6.10 Å². The van der Waals surface area contributed by atoms with Crippen LogP contribution in [0.15, 0.2) is 48.5 Å². The van der Waals surface area contributed by atoms with E-state index in [1.807, 2.05) is 18.2 Å². The van der Waals surface area contributed by atoms with Crippen molar-refractivity contribution in [2.24, 2.45) is 0 Å². The molecule has 0 aromatic heterocycles. The maximum Gasteiger partial charge on any atom is 0.124 e. The van der Waals surface area contributed by atoms with E-state index in [-0.39, 0.29) is 11.7 Å². The Hall–Kier alpha value is -1.38. The molecule has 0 amide bonds. The molecule has 2 atom stereocenters. The van der Waals surface area contributed by atoms with Crippen molar-refractivity contribution in [3.63, 3.8) is 0 Å². The number of rotatable bonds is 5. The molecule has 3 heteroatoms. The van der Waals surface area contributed by atoms with E-state index in [0.717, 1.165) is 5.56 Å². The average molecular weight is 293 g/mol. The first-order chi connectivity index (χ1) is 9.56. The maximum absolute atomic E-state index is 13.0. The lowest BCUT2D eigenvalue weighted by atomic mass is 9.92. The highest BCUT2D eigenvalue weighted by molar-refractivity contribution is 6.31. The van der Waals surface area contributed by atoms with Crippen LogP contribution in [0.3, 0.4) is 0 Å². The molecule has 0 radical (unpaired) electrons. The predicted octanol–water partition coefficient (Wildman–Crippen LogP) is 4.58. The molecular weight excluding hydrogens is 275 g/mol. The zero-order valence-electron chi connectivity index (χ0n) is 11.4. The molecule has 106 valence electrons. The van der Waals surface area contributed by atoms with Crippen LogP contribution in [0.4, 0.5) is 4.39 Å². The summed E-state index contributed by atoms with van der Waals surface area (Å²) in [6.45, 7) is 2.09. The van der Waals surface area contributed by atoms with Crippen LogP contribution >= 0.6 is 11.6 Å². The summed E-state index contributed by atoms with van der Waals surface area (Å²) < 4.78 is 13.0. The van der Waals surface area contributed by atoms with Crippen LogP contribution in [0.2, 0.25) is 5.02 Å². The van der Waals surface area contributed by atoms with Crippen molar-refractivity contribution in [2.45, 2.75) is 31.8 Å². The van der Waals surface area contributed by atoms with E-state index in [9.17, 15) is 9.50 Å². The number of hydrogen-bond acceptors (Lipinski definition) is 1. The Morgan fingerprint density at radius 1 is 1.15 bits per heavy atom. The van der Waals surface area contributed by atoms with Gasteiger partial charge in [-0.15, -0.1) is 0 Å². The summed E-state index contributed by atoms with van der Waals surface area (Å²) in [7, 11) is 0. The largest absolute Gasteiger partial charge is 0.393 e. The fourth-order valence-corrected chi connectivity index (χ4v) is 2.59. The number of aliphatic hydroxyl groups excluding tert-OH is 1. The van der Waals surface area contributed by atoms with Crippen molar-refractivity contribution in [1.29, 1.82) is 0 Å². The topological polar surface area (TPSA) is 20.2 Å². The molecule has 1 N–H and O–H groups in total. The second kappa shape index (κ2) is 6.87. The van der Waals surface area contributed by atoms with Crippen LogP contribution in [-0.2, 0) is 6.42 Å². The van der Waals surface area contributed by atoms with Gasteiger partial charge in [0.25, 0.3) is 0 Å². The summed E-state index contributed by atoms with van der Waals surface area (Å²) >= 11 is 5.98. The van der Waals surface area contributed by atoms with Gasteiger partial charge in [0, 0.05) is 5.02 Å². The lowest BCUT2D eigenvalue weighted by Gasteiger charge is -2.17. The molecule has 0 bridgehead atoms. The van der Waals surface area contributed by atoms with Crippen molar-refractivity contribution in [3.8, 4) is 0 Å². The number of aliphatic hydroxyl groups is 1. The van der Waals surface area contributed by atoms with Crippen molar-refractivity contribution in [2.75, 3.05) is 0 Å². The minimum Gasteiger partial charge on any atom is -0.393 e. The molecular formula is C17H18ClFO. The lowest BCUT2D eigenvalue weighted by molar-refractivity contribution is 0.157. The molecule has 1 nitrogen and oxygen atoms in total. The lowest BCUT2D eigenvalue weighted by Crippen LogP contribution is -2.14. The van der Waals surface area contributed by atoms with Gasteiger partial charge in [-0.3, -0.25) is 0 Å². The van der Waals surface area contributed by atoms with E-state index in [4.69, 9.17) is 11.6 Å². The molecule has 0 saturated heterocycles. The normalized spacial score (nSPS) is 14.0. The Bertz CT molecular complexity index is 556. The second-order valence-corrected chi connectivity index (χ2v) is 5.55. The molecule has 2 unspecified atom stereocenters. The third-order valence-electron chi connectivity index (χ3n) is 3.46. The first kappa shape index (κ1) is 15.0. The summed E-state index contributed by atoms with van der Waals surface area (Å²) in [4.78, 5) is 0. The summed E-state index contributed by atoms with van der Waals surface area (Å²) in [6.07, 6.45) is 0.599. The molecule has 2 aromatic carbocycles. The van der Waals surface area contributed by atoms with Gasteiger partial charge in [-0.05, 0) is 42.0 Å². The number of hydrogen-bond donors (Lipinski definition) is 1. The highest BCUT2D eigenvalue weighted by Gasteiger charge is 2.14. The molecule has 2 rings (SSSR count). The SMILES string of the molecule is CC(CC(O)Cc1ccc(F)cc1Cl)c1ccccc1. The Kier molecular flexibility index (Phi) is 5.16. The Morgan fingerprint density at radius 2 is 1.85 bits per heavy atom. The van der Waals surface area contributed by atoms with E-state index in [0.29, 0.717) is 17.9 Å². The first-order valence-corrected chi connectivity index (χ1v) is 7.11. The van der Waals surface area contributed by atoms with Crippen LogP contribution in [0.25, 0.3) is 0 Å². The third kappa shape index (κ3) is 4.06. The molecule has 0 aliphatic carbocycles. The fourth-order valence-electron chi connectivity index (χ4n) is 2.35. The maximum atomic E-state index is 13.0. The third-order valence-corrected chi connectivity index (χ3v) is 3.82. The summed E-state index contributed by atoms with van der Waals surface area (Å²) in [6, 6.07) is 14.4. The average Bonchev–Trinajstić information content (AvgIpc) is 2.43. The summed E-state index contributed by atoms with van der Waals surface area (Å²) in [5.41, 5.74) is 1.98. The monoisotopic (exact) mass is 292 g/mol. The minimum atomic E-state index is -0.492. The molecule has 0 fully saturated rings. The van der Waals surface area contributed by atoms with Crippen LogP contribution in [0.5, 0.6) is 0 Å². The highest BCUT2D eigenvalue weighted by atomic mass is 35.5. The van der Waals surface area contributed by atoms with Crippen LogP contribution in [-0.4, -0.2) is 11.2 Å². The Balaban J connectivity index is 1.97. The van der Waals surface area contributed by atoms with Gasteiger partial charge in [-0.25, -0.2) is 4.39 Å². The van der Waals surface area contributed by atoms with Gasteiger partial charge in [0.05, 0.1) is 6.10 Å². The molecule has 20 heavy (non-hydrogen) atoms. The van der Waals surface area contributed by atoms with Crippen molar-refractivity contribution < 1.29 is 9.50 Å². The number of halogens is 2. The van der Waals surface area contributed by atoms with Crippen molar-refractivity contribution >= 4 is 11.6 Å². The van der Waals surface area contributed by atoms with Crippen LogP contribution in [0.1, 0.15) is 30.4 Å². The molecule has 0 heterocycles.